The number of carbonyl (C=O) groups is 1. The summed E-state index contributed by atoms with van der Waals surface area (Å²) in [6.07, 6.45) is -0.119. The lowest BCUT2D eigenvalue weighted by Gasteiger charge is -2.38. The molecule has 10 heteroatoms. The molecule has 8 rings (SSSR count). The lowest BCUT2D eigenvalue weighted by atomic mass is 9.98. The minimum absolute atomic E-state index is 0.0217. The molecule has 9 nitrogen and oxygen atoms in total. The van der Waals surface area contributed by atoms with E-state index in [1.807, 2.05) is 110 Å². The van der Waals surface area contributed by atoms with Gasteiger partial charge in [-0.25, -0.2) is 8.42 Å². The molecule has 0 aliphatic carbocycles. The number of hydrogen-bond acceptors (Lipinski definition) is 7. The lowest BCUT2D eigenvalue weighted by molar-refractivity contribution is -0.253. The third-order valence-electron chi connectivity index (χ3n) is 11.7. The third kappa shape index (κ3) is 12.5. The molecule has 0 saturated carbocycles. The minimum Gasteiger partial charge on any atom is -0.392 e. The van der Waals surface area contributed by atoms with E-state index in [4.69, 9.17) is 9.47 Å². The van der Waals surface area contributed by atoms with Gasteiger partial charge in [0.25, 0.3) is 0 Å². The standard InChI is InChI=1S/C55H55N3O6S/c1-40-20-30-51(31-21-40)65(61,62)57-52(33-41-12-5-2-6-13-41)54(60)56-35-45-18-11-19-49(32-45)46-26-28-48(29-27-46)55-63-50(34-53(64-55)47-24-22-44(39-59)23-25-47)38-58(36-42-14-7-3-8-15-42)37-43-16-9-4-10-17-43/h2-32,50,52-53,55,57,59H,33-39H2,1H3,(H,56,60)/t50-,52-,53+,55+/m1/s1. The number of nitrogens with zero attached hydrogens (tertiary/aromatic N) is 1. The summed E-state index contributed by atoms with van der Waals surface area (Å²) >= 11 is 0. The van der Waals surface area contributed by atoms with Crippen LogP contribution in [0.3, 0.4) is 0 Å². The number of hydrogen-bond donors (Lipinski definition) is 3. The summed E-state index contributed by atoms with van der Waals surface area (Å²) in [4.78, 5) is 16.3. The van der Waals surface area contributed by atoms with E-state index in [1.54, 1.807) is 24.3 Å². The highest BCUT2D eigenvalue weighted by atomic mass is 32.2. The summed E-state index contributed by atoms with van der Waals surface area (Å²) < 4.78 is 43.0. The Kier molecular flexibility index (Phi) is 15.1. The van der Waals surface area contributed by atoms with Crippen LogP contribution < -0.4 is 10.0 Å². The zero-order valence-corrected chi connectivity index (χ0v) is 37.3. The number of benzene rings is 7. The molecule has 332 valence electrons. The second-order valence-electron chi connectivity index (χ2n) is 16.7. The Bertz CT molecular complexity index is 2660. The van der Waals surface area contributed by atoms with Gasteiger partial charge in [-0.05, 0) is 76.1 Å². The molecular formula is C55H55N3O6S. The fourth-order valence-corrected chi connectivity index (χ4v) is 9.40. The zero-order valence-electron chi connectivity index (χ0n) is 36.5. The molecule has 1 saturated heterocycles. The normalized spacial score (nSPS) is 16.8. The van der Waals surface area contributed by atoms with Crippen LogP contribution in [0.2, 0.25) is 0 Å². The predicted octanol–water partition coefficient (Wildman–Crippen LogP) is 9.61. The van der Waals surface area contributed by atoms with Crippen molar-refractivity contribution in [2.45, 2.75) is 75.4 Å². The molecule has 1 aliphatic rings. The molecule has 3 N–H and O–H groups in total. The van der Waals surface area contributed by atoms with Crippen molar-refractivity contribution in [3.8, 4) is 11.1 Å². The molecule has 7 aromatic rings. The van der Waals surface area contributed by atoms with Crippen molar-refractivity contribution in [3.63, 3.8) is 0 Å². The molecule has 1 aliphatic heterocycles. The number of ether oxygens (including phenoxy) is 2. The van der Waals surface area contributed by atoms with E-state index in [-0.39, 0.29) is 36.7 Å². The van der Waals surface area contributed by atoms with Crippen LogP contribution in [0.1, 0.15) is 63.3 Å². The maximum absolute atomic E-state index is 13.7. The van der Waals surface area contributed by atoms with Gasteiger partial charge in [0.05, 0.1) is 23.7 Å². The molecule has 0 bridgehead atoms. The van der Waals surface area contributed by atoms with Crippen molar-refractivity contribution in [2.24, 2.45) is 0 Å². The maximum Gasteiger partial charge on any atom is 0.241 e. The third-order valence-corrected chi connectivity index (χ3v) is 13.2. The molecule has 0 aromatic heterocycles. The highest BCUT2D eigenvalue weighted by Crippen LogP contribution is 2.39. The number of aliphatic hydroxyl groups is 1. The average molecular weight is 886 g/mol. The largest absolute Gasteiger partial charge is 0.392 e. The molecule has 1 amide bonds. The Morgan fingerprint density at radius 3 is 1.85 bits per heavy atom. The van der Waals surface area contributed by atoms with Gasteiger partial charge in [-0.2, -0.15) is 4.72 Å². The van der Waals surface area contributed by atoms with Crippen LogP contribution >= 0.6 is 0 Å². The molecular weight excluding hydrogens is 831 g/mol. The van der Waals surface area contributed by atoms with Crippen LogP contribution in [0.25, 0.3) is 11.1 Å². The fraction of sp³-hybridized carbons (Fsp3) is 0.218. The van der Waals surface area contributed by atoms with E-state index >= 15 is 0 Å². The van der Waals surface area contributed by atoms with Gasteiger partial charge in [-0.3, -0.25) is 9.69 Å². The Morgan fingerprint density at radius 2 is 1.23 bits per heavy atom. The lowest BCUT2D eigenvalue weighted by Crippen LogP contribution is -2.47. The molecule has 0 radical (unpaired) electrons. The number of aliphatic hydroxyl groups excluding tert-OH is 1. The summed E-state index contributed by atoms with van der Waals surface area (Å²) in [5.41, 5.74) is 9.84. The highest BCUT2D eigenvalue weighted by Gasteiger charge is 2.33. The van der Waals surface area contributed by atoms with Crippen LogP contribution in [0, 0.1) is 6.92 Å². The van der Waals surface area contributed by atoms with Gasteiger partial charge < -0.3 is 19.9 Å². The summed E-state index contributed by atoms with van der Waals surface area (Å²) in [6, 6.07) is 60.1. The van der Waals surface area contributed by atoms with Crippen LogP contribution in [0.4, 0.5) is 0 Å². The summed E-state index contributed by atoms with van der Waals surface area (Å²) in [6.45, 7) is 4.32. The number of sulfonamides is 1. The minimum atomic E-state index is -3.97. The first-order valence-corrected chi connectivity index (χ1v) is 23.6. The maximum atomic E-state index is 13.7. The second-order valence-corrected chi connectivity index (χ2v) is 18.4. The predicted molar refractivity (Wildman–Crippen MR) is 255 cm³/mol. The van der Waals surface area contributed by atoms with E-state index in [2.05, 4.69) is 75.6 Å². The SMILES string of the molecule is Cc1ccc(S(=O)(=O)N[C@H](Cc2ccccc2)C(=O)NCc2cccc(-c3ccc([C@H]4O[C@@H](CN(Cc5ccccc5)Cc5ccccc5)C[C@@H](c5ccc(CO)cc5)O4)cc3)c2)cc1. The van der Waals surface area contributed by atoms with Crippen molar-refractivity contribution in [3.05, 3.63) is 233 Å². The van der Waals surface area contributed by atoms with Crippen molar-refractivity contribution < 1.29 is 27.8 Å². The average Bonchev–Trinajstić information content (AvgIpc) is 3.34. The van der Waals surface area contributed by atoms with E-state index in [9.17, 15) is 18.3 Å². The molecule has 1 fully saturated rings. The quantitative estimate of drug-likeness (QED) is 0.0786. The van der Waals surface area contributed by atoms with Gasteiger partial charge in [-0.1, -0.05) is 175 Å². The van der Waals surface area contributed by atoms with Crippen molar-refractivity contribution in [1.82, 2.24) is 14.9 Å². The molecule has 65 heavy (non-hydrogen) atoms. The van der Waals surface area contributed by atoms with Gasteiger partial charge >= 0.3 is 0 Å². The van der Waals surface area contributed by atoms with Crippen molar-refractivity contribution >= 4 is 15.9 Å². The van der Waals surface area contributed by atoms with Crippen molar-refractivity contribution in [2.75, 3.05) is 6.54 Å². The van der Waals surface area contributed by atoms with Gasteiger partial charge in [-0.15, -0.1) is 0 Å². The molecule has 0 unspecified atom stereocenters. The Morgan fingerprint density at radius 1 is 0.646 bits per heavy atom. The Balaban J connectivity index is 0.973. The number of aryl methyl sites for hydroxylation is 1. The van der Waals surface area contributed by atoms with Crippen molar-refractivity contribution in [1.29, 1.82) is 0 Å². The second kappa shape index (κ2) is 21.6. The van der Waals surface area contributed by atoms with E-state index in [0.29, 0.717) is 13.0 Å². The first-order chi connectivity index (χ1) is 31.7. The number of carbonyl (C=O) groups excluding carboxylic acids is 1. The zero-order chi connectivity index (χ0) is 45.0. The molecule has 4 atom stereocenters. The van der Waals surface area contributed by atoms with Gasteiger partial charge in [0.15, 0.2) is 6.29 Å². The molecule has 0 spiro atoms. The number of rotatable bonds is 18. The smallest absolute Gasteiger partial charge is 0.241 e. The number of nitrogens with one attached hydrogen (secondary N) is 2. The fourth-order valence-electron chi connectivity index (χ4n) is 8.21. The van der Waals surface area contributed by atoms with Gasteiger partial charge in [0.2, 0.25) is 15.9 Å². The molecule has 1 heterocycles. The van der Waals surface area contributed by atoms with Gasteiger partial charge in [0.1, 0.15) is 6.04 Å². The van der Waals surface area contributed by atoms with Gasteiger partial charge in [0, 0.05) is 38.2 Å². The van der Waals surface area contributed by atoms with Crippen LogP contribution in [0.5, 0.6) is 0 Å². The first kappa shape index (κ1) is 45.3. The molecule has 7 aromatic carbocycles. The van der Waals surface area contributed by atoms with E-state index < -0.39 is 28.3 Å². The summed E-state index contributed by atoms with van der Waals surface area (Å²) in [7, 11) is -3.97. The Hall–Kier alpha value is -6.24. The summed E-state index contributed by atoms with van der Waals surface area (Å²) in [5.74, 6) is -0.420. The Labute approximate surface area is 382 Å². The van der Waals surface area contributed by atoms with Crippen LogP contribution in [-0.2, 0) is 57.0 Å². The van der Waals surface area contributed by atoms with Crippen LogP contribution in [-0.4, -0.2) is 43.0 Å². The summed E-state index contributed by atoms with van der Waals surface area (Å²) in [5, 5.41) is 12.7. The highest BCUT2D eigenvalue weighted by molar-refractivity contribution is 7.89. The van der Waals surface area contributed by atoms with Crippen LogP contribution in [0.15, 0.2) is 193 Å². The van der Waals surface area contributed by atoms with E-state index in [1.165, 1.54) is 11.1 Å². The number of amides is 1. The van der Waals surface area contributed by atoms with E-state index in [0.717, 1.165) is 57.6 Å². The first-order valence-electron chi connectivity index (χ1n) is 22.1. The monoisotopic (exact) mass is 885 g/mol. The topological polar surface area (TPSA) is 117 Å².